The summed E-state index contributed by atoms with van der Waals surface area (Å²) in [5, 5.41) is 16.9. The standard InChI is InChI=1S/C22H31N3O3/c1-14-4-2-3-5-18(14)22(28)25-8-6-15(7-9-25)21(27)24-19-10-16-12-23-13-17(16)11-20(19)26/h2-5,15-17,19-20,23,26H,6-13H2,1H3,(H,24,27)/t16-,17+,19-,20-/m0/s1. The summed E-state index contributed by atoms with van der Waals surface area (Å²) in [6.07, 6.45) is 2.54. The van der Waals surface area contributed by atoms with Gasteiger partial charge in [-0.15, -0.1) is 0 Å². The quantitative estimate of drug-likeness (QED) is 0.733. The van der Waals surface area contributed by atoms with E-state index in [0.717, 1.165) is 37.1 Å². The van der Waals surface area contributed by atoms with E-state index in [1.165, 1.54) is 0 Å². The molecule has 0 unspecified atom stereocenters. The zero-order chi connectivity index (χ0) is 19.7. The van der Waals surface area contributed by atoms with Crippen LogP contribution in [-0.2, 0) is 4.79 Å². The predicted molar refractivity (Wildman–Crippen MR) is 107 cm³/mol. The number of hydrogen-bond acceptors (Lipinski definition) is 4. The fourth-order valence-electron chi connectivity index (χ4n) is 5.08. The van der Waals surface area contributed by atoms with Crippen LogP contribution < -0.4 is 10.6 Å². The summed E-state index contributed by atoms with van der Waals surface area (Å²) < 4.78 is 0. The minimum Gasteiger partial charge on any atom is -0.391 e. The third-order valence-corrected chi connectivity index (χ3v) is 6.90. The summed E-state index contributed by atoms with van der Waals surface area (Å²) in [7, 11) is 0. The van der Waals surface area contributed by atoms with Gasteiger partial charge in [0.25, 0.3) is 5.91 Å². The Balaban J connectivity index is 1.29. The highest BCUT2D eigenvalue weighted by atomic mass is 16.3. The lowest BCUT2D eigenvalue weighted by Crippen LogP contribution is -2.52. The SMILES string of the molecule is Cc1ccccc1C(=O)N1CCC(C(=O)N[C@H]2C[C@H]3CNC[C@H]3C[C@@H]2O)CC1. The van der Waals surface area contributed by atoms with Crippen LogP contribution in [0.3, 0.4) is 0 Å². The first-order chi connectivity index (χ1) is 13.5. The summed E-state index contributed by atoms with van der Waals surface area (Å²) in [4.78, 5) is 27.4. The van der Waals surface area contributed by atoms with Crippen molar-refractivity contribution in [2.45, 2.75) is 44.8 Å². The van der Waals surface area contributed by atoms with Gasteiger partial charge in [0.2, 0.25) is 5.91 Å². The first-order valence-corrected chi connectivity index (χ1v) is 10.6. The fourth-order valence-corrected chi connectivity index (χ4v) is 5.08. The minimum absolute atomic E-state index is 0.0384. The third-order valence-electron chi connectivity index (χ3n) is 6.90. The maximum atomic E-state index is 12.8. The van der Waals surface area contributed by atoms with Gasteiger partial charge in [0.1, 0.15) is 0 Å². The molecule has 0 aromatic heterocycles. The van der Waals surface area contributed by atoms with Crippen molar-refractivity contribution in [3.63, 3.8) is 0 Å². The maximum Gasteiger partial charge on any atom is 0.254 e. The Hall–Kier alpha value is -1.92. The molecular formula is C22H31N3O3. The monoisotopic (exact) mass is 385 g/mol. The summed E-state index contributed by atoms with van der Waals surface area (Å²) in [6, 6.07) is 7.51. The number of likely N-dealkylation sites (tertiary alicyclic amines) is 1. The Kier molecular flexibility index (Phi) is 5.69. The molecule has 1 saturated carbocycles. The van der Waals surface area contributed by atoms with E-state index in [1.807, 2.05) is 36.1 Å². The average Bonchev–Trinajstić information content (AvgIpc) is 3.15. The van der Waals surface area contributed by atoms with Crippen LogP contribution in [0.2, 0.25) is 0 Å². The number of amides is 2. The van der Waals surface area contributed by atoms with Gasteiger partial charge in [0.05, 0.1) is 12.1 Å². The van der Waals surface area contributed by atoms with E-state index in [4.69, 9.17) is 0 Å². The summed E-state index contributed by atoms with van der Waals surface area (Å²) in [5.41, 5.74) is 1.73. The smallest absolute Gasteiger partial charge is 0.254 e. The van der Waals surface area contributed by atoms with Crippen LogP contribution in [0.1, 0.15) is 41.6 Å². The van der Waals surface area contributed by atoms with E-state index in [1.54, 1.807) is 0 Å². The van der Waals surface area contributed by atoms with Crippen LogP contribution in [0.4, 0.5) is 0 Å². The number of nitrogens with zero attached hydrogens (tertiary/aromatic N) is 1. The molecule has 2 saturated heterocycles. The van der Waals surface area contributed by atoms with Crippen molar-refractivity contribution >= 4 is 11.8 Å². The molecule has 3 N–H and O–H groups in total. The molecular weight excluding hydrogens is 354 g/mol. The lowest BCUT2D eigenvalue weighted by Gasteiger charge is -2.37. The number of aliphatic hydroxyl groups excluding tert-OH is 1. The van der Waals surface area contributed by atoms with Crippen molar-refractivity contribution in [3.8, 4) is 0 Å². The van der Waals surface area contributed by atoms with Gasteiger partial charge in [0, 0.05) is 24.6 Å². The molecule has 3 fully saturated rings. The first kappa shape index (κ1) is 19.4. The predicted octanol–water partition coefficient (Wildman–Crippen LogP) is 1.32. The molecule has 0 bridgehead atoms. The number of benzene rings is 1. The highest BCUT2D eigenvalue weighted by molar-refractivity contribution is 5.95. The number of hydrogen-bond donors (Lipinski definition) is 3. The van der Waals surface area contributed by atoms with Crippen LogP contribution in [0.25, 0.3) is 0 Å². The van der Waals surface area contributed by atoms with E-state index >= 15 is 0 Å². The normalized spacial score (nSPS) is 30.7. The maximum absolute atomic E-state index is 12.8. The first-order valence-electron chi connectivity index (χ1n) is 10.6. The van der Waals surface area contributed by atoms with Gasteiger partial charge in [-0.05, 0) is 69.2 Å². The van der Waals surface area contributed by atoms with Gasteiger partial charge in [-0.25, -0.2) is 0 Å². The molecule has 152 valence electrons. The number of piperidine rings is 1. The number of rotatable bonds is 3. The molecule has 0 radical (unpaired) electrons. The molecule has 2 aliphatic heterocycles. The van der Waals surface area contributed by atoms with E-state index in [-0.39, 0.29) is 23.8 Å². The molecule has 6 heteroatoms. The largest absolute Gasteiger partial charge is 0.391 e. The fraction of sp³-hybridized carbons (Fsp3) is 0.636. The van der Waals surface area contributed by atoms with Gasteiger partial charge < -0.3 is 20.6 Å². The molecule has 28 heavy (non-hydrogen) atoms. The molecule has 0 spiro atoms. The Bertz CT molecular complexity index is 729. The summed E-state index contributed by atoms with van der Waals surface area (Å²) >= 11 is 0. The van der Waals surface area contributed by atoms with Crippen LogP contribution >= 0.6 is 0 Å². The van der Waals surface area contributed by atoms with Crippen LogP contribution in [0, 0.1) is 24.7 Å². The molecule has 6 nitrogen and oxygen atoms in total. The Labute approximate surface area is 166 Å². The van der Waals surface area contributed by atoms with E-state index in [0.29, 0.717) is 37.8 Å². The van der Waals surface area contributed by atoms with Gasteiger partial charge in [-0.1, -0.05) is 18.2 Å². The topological polar surface area (TPSA) is 81.7 Å². The highest BCUT2D eigenvalue weighted by Crippen LogP contribution is 2.33. The van der Waals surface area contributed by atoms with Crippen LogP contribution in [0.5, 0.6) is 0 Å². The van der Waals surface area contributed by atoms with E-state index in [9.17, 15) is 14.7 Å². The Morgan fingerprint density at radius 1 is 1.11 bits per heavy atom. The molecule has 2 heterocycles. The summed E-state index contributed by atoms with van der Waals surface area (Å²) in [5.74, 6) is 1.12. The molecule has 1 aliphatic carbocycles. The molecule has 3 aliphatic rings. The molecule has 4 rings (SSSR count). The Morgan fingerprint density at radius 3 is 2.50 bits per heavy atom. The lowest BCUT2D eigenvalue weighted by molar-refractivity contribution is -0.128. The van der Waals surface area contributed by atoms with Crippen LogP contribution in [-0.4, -0.2) is 60.1 Å². The summed E-state index contributed by atoms with van der Waals surface area (Å²) in [6.45, 7) is 5.13. The third kappa shape index (κ3) is 3.94. The minimum atomic E-state index is -0.451. The molecule has 1 aromatic rings. The highest BCUT2D eigenvalue weighted by Gasteiger charge is 2.40. The van der Waals surface area contributed by atoms with Crippen LogP contribution in [0.15, 0.2) is 24.3 Å². The number of fused-ring (bicyclic) bond motifs is 1. The molecule has 1 aromatic carbocycles. The Morgan fingerprint density at radius 2 is 1.79 bits per heavy atom. The number of nitrogens with one attached hydrogen (secondary N) is 2. The van der Waals surface area contributed by atoms with Crippen molar-refractivity contribution < 1.29 is 14.7 Å². The number of carbonyl (C=O) groups is 2. The number of aliphatic hydroxyl groups is 1. The van der Waals surface area contributed by atoms with Crippen molar-refractivity contribution in [1.29, 1.82) is 0 Å². The van der Waals surface area contributed by atoms with Gasteiger partial charge in [0.15, 0.2) is 0 Å². The van der Waals surface area contributed by atoms with Crippen molar-refractivity contribution in [2.24, 2.45) is 17.8 Å². The van der Waals surface area contributed by atoms with E-state index < -0.39 is 6.10 Å². The number of carbonyl (C=O) groups excluding carboxylic acids is 2. The zero-order valence-corrected chi connectivity index (χ0v) is 16.6. The van der Waals surface area contributed by atoms with Crippen molar-refractivity contribution in [3.05, 3.63) is 35.4 Å². The number of aryl methyl sites for hydroxylation is 1. The van der Waals surface area contributed by atoms with Crippen molar-refractivity contribution in [2.75, 3.05) is 26.2 Å². The van der Waals surface area contributed by atoms with Crippen molar-refractivity contribution in [1.82, 2.24) is 15.5 Å². The molecule has 4 atom stereocenters. The van der Waals surface area contributed by atoms with Gasteiger partial charge in [-0.2, -0.15) is 0 Å². The molecule has 2 amide bonds. The second-order valence-electron chi connectivity index (χ2n) is 8.71. The second-order valence-corrected chi connectivity index (χ2v) is 8.71. The van der Waals surface area contributed by atoms with E-state index in [2.05, 4.69) is 10.6 Å². The van der Waals surface area contributed by atoms with Gasteiger partial charge >= 0.3 is 0 Å². The zero-order valence-electron chi connectivity index (χ0n) is 16.6. The average molecular weight is 386 g/mol. The second kappa shape index (κ2) is 8.21. The van der Waals surface area contributed by atoms with Gasteiger partial charge in [-0.3, -0.25) is 9.59 Å². The lowest BCUT2D eigenvalue weighted by atomic mass is 9.77.